The van der Waals surface area contributed by atoms with E-state index in [2.05, 4.69) is 10.6 Å². The fraction of sp³-hybridized carbons (Fsp3) is 0.429. The molecule has 0 atom stereocenters. The van der Waals surface area contributed by atoms with Crippen LogP contribution in [0.25, 0.3) is 0 Å². The topological polar surface area (TPSA) is 78.4 Å². The van der Waals surface area contributed by atoms with Crippen LogP contribution in [0, 0.1) is 5.82 Å². The number of hydrogen-bond donors (Lipinski definition) is 3. The Morgan fingerprint density at radius 3 is 2.55 bits per heavy atom. The van der Waals surface area contributed by atoms with Gasteiger partial charge in [-0.05, 0) is 38.0 Å². The van der Waals surface area contributed by atoms with E-state index >= 15 is 0 Å². The summed E-state index contributed by atoms with van der Waals surface area (Å²) < 4.78 is 13.2. The number of carboxylic acid groups (broad SMARTS) is 1. The third-order valence-corrected chi connectivity index (χ3v) is 3.58. The number of amides is 2. The van der Waals surface area contributed by atoms with Gasteiger partial charge in [-0.1, -0.05) is 12.8 Å². The molecule has 0 radical (unpaired) electrons. The van der Waals surface area contributed by atoms with Gasteiger partial charge in [0.15, 0.2) is 0 Å². The van der Waals surface area contributed by atoms with Gasteiger partial charge in [0.1, 0.15) is 5.82 Å². The van der Waals surface area contributed by atoms with Crippen LogP contribution in [-0.2, 0) is 0 Å². The minimum Gasteiger partial charge on any atom is -0.478 e. The van der Waals surface area contributed by atoms with E-state index in [0.717, 1.165) is 37.8 Å². The third kappa shape index (κ3) is 3.26. The largest absolute Gasteiger partial charge is 0.478 e. The van der Waals surface area contributed by atoms with Crippen molar-refractivity contribution >= 4 is 17.7 Å². The molecule has 0 aromatic heterocycles. The van der Waals surface area contributed by atoms with E-state index in [4.69, 9.17) is 5.11 Å². The number of benzene rings is 1. The van der Waals surface area contributed by atoms with Crippen molar-refractivity contribution in [2.75, 3.05) is 5.32 Å². The number of nitrogens with one attached hydrogen (secondary N) is 2. The number of hydrogen-bond acceptors (Lipinski definition) is 2. The molecule has 0 unspecified atom stereocenters. The Kier molecular flexibility index (Phi) is 3.92. The molecule has 2 amide bonds. The molecular formula is C14H17FN2O3. The zero-order valence-corrected chi connectivity index (χ0v) is 11.2. The predicted octanol–water partition coefficient (Wildman–Crippen LogP) is 2.98. The second-order valence-electron chi connectivity index (χ2n) is 5.35. The molecule has 0 bridgehead atoms. The van der Waals surface area contributed by atoms with Gasteiger partial charge in [-0.3, -0.25) is 0 Å². The van der Waals surface area contributed by atoms with Crippen LogP contribution >= 0.6 is 0 Å². The molecular weight excluding hydrogens is 263 g/mol. The maximum atomic E-state index is 13.2. The Morgan fingerprint density at radius 2 is 1.95 bits per heavy atom. The molecule has 1 aromatic carbocycles. The smallest absolute Gasteiger partial charge is 0.338 e. The van der Waals surface area contributed by atoms with Crippen LogP contribution < -0.4 is 10.6 Å². The van der Waals surface area contributed by atoms with E-state index in [-0.39, 0.29) is 11.2 Å². The van der Waals surface area contributed by atoms with Crippen molar-refractivity contribution in [3.8, 4) is 0 Å². The Balaban J connectivity index is 2.04. The van der Waals surface area contributed by atoms with Crippen molar-refractivity contribution in [3.05, 3.63) is 29.6 Å². The summed E-state index contributed by atoms with van der Waals surface area (Å²) in [5, 5.41) is 14.2. The quantitative estimate of drug-likeness (QED) is 0.796. The highest BCUT2D eigenvalue weighted by molar-refractivity contribution is 5.93. The zero-order chi connectivity index (χ0) is 14.8. The maximum absolute atomic E-state index is 13.2. The highest BCUT2D eigenvalue weighted by Gasteiger charge is 2.30. The van der Waals surface area contributed by atoms with E-state index < -0.39 is 23.4 Å². The van der Waals surface area contributed by atoms with Crippen LogP contribution in [0.4, 0.5) is 14.9 Å². The first kappa shape index (κ1) is 14.3. The summed E-state index contributed by atoms with van der Waals surface area (Å²) in [6.45, 7) is 1.98. The molecule has 1 aliphatic carbocycles. The van der Waals surface area contributed by atoms with E-state index in [1.54, 1.807) is 0 Å². The molecule has 0 saturated heterocycles. The molecule has 0 heterocycles. The number of carbonyl (C=O) groups excluding carboxylic acids is 1. The maximum Gasteiger partial charge on any atom is 0.338 e. The number of aromatic carboxylic acids is 1. The summed E-state index contributed by atoms with van der Waals surface area (Å²) in [5.74, 6) is -2.19. The molecule has 1 aromatic rings. The van der Waals surface area contributed by atoms with Gasteiger partial charge in [0.05, 0.1) is 5.56 Å². The lowest BCUT2D eigenvalue weighted by Crippen LogP contribution is -2.45. The van der Waals surface area contributed by atoms with Crippen LogP contribution in [0.2, 0.25) is 0 Å². The summed E-state index contributed by atoms with van der Waals surface area (Å²) in [6, 6.07) is 3.06. The number of carboxylic acids is 1. The van der Waals surface area contributed by atoms with Crippen molar-refractivity contribution in [2.45, 2.75) is 38.1 Å². The molecule has 6 heteroatoms. The van der Waals surface area contributed by atoms with Gasteiger partial charge in [0.2, 0.25) is 0 Å². The predicted molar refractivity (Wildman–Crippen MR) is 72.4 cm³/mol. The minimum atomic E-state index is -1.37. The summed E-state index contributed by atoms with van der Waals surface area (Å²) in [7, 11) is 0. The third-order valence-electron chi connectivity index (χ3n) is 3.58. The van der Waals surface area contributed by atoms with Crippen molar-refractivity contribution < 1.29 is 19.1 Å². The fourth-order valence-electron chi connectivity index (χ4n) is 2.48. The van der Waals surface area contributed by atoms with Gasteiger partial charge in [-0.25, -0.2) is 14.0 Å². The summed E-state index contributed by atoms with van der Waals surface area (Å²) in [5.41, 5.74) is -0.433. The number of anilines is 1. The standard InChI is InChI=1S/C14H17FN2O3/c1-14(6-2-3-7-14)17-13(20)16-9-4-5-11(15)10(8-9)12(18)19/h4-5,8H,2-3,6-7H2,1H3,(H,18,19)(H2,16,17,20). The molecule has 5 nitrogen and oxygen atoms in total. The van der Waals surface area contributed by atoms with E-state index in [0.29, 0.717) is 0 Å². The van der Waals surface area contributed by atoms with Crippen LogP contribution in [0.5, 0.6) is 0 Å². The lowest BCUT2D eigenvalue weighted by molar-refractivity contribution is 0.0692. The molecule has 1 saturated carbocycles. The monoisotopic (exact) mass is 280 g/mol. The lowest BCUT2D eigenvalue weighted by Gasteiger charge is -2.25. The normalized spacial score (nSPS) is 16.7. The molecule has 1 fully saturated rings. The summed E-state index contributed by atoms with van der Waals surface area (Å²) in [4.78, 5) is 22.7. The minimum absolute atomic E-state index is 0.222. The first-order valence-electron chi connectivity index (χ1n) is 6.52. The molecule has 0 spiro atoms. The summed E-state index contributed by atoms with van der Waals surface area (Å²) >= 11 is 0. The Hall–Kier alpha value is -2.11. The SMILES string of the molecule is CC1(NC(=O)Nc2ccc(F)c(C(=O)O)c2)CCCC1. The molecule has 108 valence electrons. The van der Waals surface area contributed by atoms with Crippen molar-refractivity contribution in [1.29, 1.82) is 0 Å². The second kappa shape index (κ2) is 5.48. The fourth-order valence-corrected chi connectivity index (χ4v) is 2.48. The second-order valence-corrected chi connectivity index (χ2v) is 5.35. The molecule has 2 rings (SSSR count). The highest BCUT2D eigenvalue weighted by Crippen LogP contribution is 2.28. The van der Waals surface area contributed by atoms with Gasteiger partial charge in [0, 0.05) is 11.2 Å². The van der Waals surface area contributed by atoms with Gasteiger partial charge in [-0.2, -0.15) is 0 Å². The zero-order valence-electron chi connectivity index (χ0n) is 11.2. The Morgan fingerprint density at radius 1 is 1.30 bits per heavy atom. The van der Waals surface area contributed by atoms with Crippen LogP contribution in [0.15, 0.2) is 18.2 Å². The van der Waals surface area contributed by atoms with Crippen LogP contribution in [0.3, 0.4) is 0 Å². The van der Waals surface area contributed by atoms with E-state index in [1.807, 2.05) is 6.92 Å². The van der Waals surface area contributed by atoms with Gasteiger partial charge < -0.3 is 15.7 Å². The number of urea groups is 1. The molecule has 1 aliphatic rings. The first-order chi connectivity index (χ1) is 9.39. The van der Waals surface area contributed by atoms with Crippen LogP contribution in [-0.4, -0.2) is 22.6 Å². The average Bonchev–Trinajstić information content (AvgIpc) is 2.77. The van der Waals surface area contributed by atoms with E-state index in [9.17, 15) is 14.0 Å². The Bertz CT molecular complexity index is 539. The van der Waals surface area contributed by atoms with Gasteiger partial charge in [-0.15, -0.1) is 0 Å². The number of rotatable bonds is 3. The van der Waals surface area contributed by atoms with E-state index in [1.165, 1.54) is 6.07 Å². The lowest BCUT2D eigenvalue weighted by atomic mass is 10.0. The Labute approximate surface area is 116 Å². The van der Waals surface area contributed by atoms with Gasteiger partial charge >= 0.3 is 12.0 Å². The van der Waals surface area contributed by atoms with Crippen molar-refractivity contribution in [1.82, 2.24) is 5.32 Å². The molecule has 0 aliphatic heterocycles. The molecule has 3 N–H and O–H groups in total. The first-order valence-corrected chi connectivity index (χ1v) is 6.52. The molecule has 20 heavy (non-hydrogen) atoms. The van der Waals surface area contributed by atoms with Crippen LogP contribution in [0.1, 0.15) is 43.0 Å². The van der Waals surface area contributed by atoms with Crippen molar-refractivity contribution in [2.24, 2.45) is 0 Å². The summed E-state index contributed by atoms with van der Waals surface area (Å²) in [6.07, 6.45) is 4.00. The number of halogens is 1. The van der Waals surface area contributed by atoms with Crippen molar-refractivity contribution in [3.63, 3.8) is 0 Å². The average molecular weight is 280 g/mol. The number of carbonyl (C=O) groups is 2. The highest BCUT2D eigenvalue weighted by atomic mass is 19.1. The van der Waals surface area contributed by atoms with Gasteiger partial charge in [0.25, 0.3) is 0 Å².